The van der Waals surface area contributed by atoms with Crippen molar-refractivity contribution in [3.63, 3.8) is 0 Å². The first-order valence-corrected chi connectivity index (χ1v) is 10.1. The van der Waals surface area contributed by atoms with Crippen LogP contribution in [0.3, 0.4) is 0 Å². The summed E-state index contributed by atoms with van der Waals surface area (Å²) >= 11 is 0. The number of nitrogens with zero attached hydrogens (tertiary/aromatic N) is 3. The van der Waals surface area contributed by atoms with Gasteiger partial charge in [0.2, 0.25) is 0 Å². The number of halogens is 1. The fourth-order valence-electron chi connectivity index (χ4n) is 3.62. The van der Waals surface area contributed by atoms with Crippen LogP contribution in [0.5, 0.6) is 5.75 Å². The molecule has 0 bridgehead atoms. The maximum atomic E-state index is 14.0. The number of aliphatic carboxylic acids is 1. The third-order valence-electron chi connectivity index (χ3n) is 5.53. The van der Waals surface area contributed by atoms with Crippen molar-refractivity contribution in [2.24, 2.45) is 10.2 Å². The number of aryl methyl sites for hydroxylation is 1. The minimum Gasteiger partial charge on any atom is -0.507 e. The SMILES string of the molecule is CC1=NN(c2ccc(C)c(F)c2)C(=O)C1=NNC1(C(=O)O)C=CC=C(c2ccccc2O)C1. The summed E-state index contributed by atoms with van der Waals surface area (Å²) in [6.45, 7) is 3.16. The summed E-state index contributed by atoms with van der Waals surface area (Å²) in [5, 5.41) is 29.4. The zero-order chi connectivity index (χ0) is 23.8. The molecule has 33 heavy (non-hydrogen) atoms. The largest absolute Gasteiger partial charge is 0.507 e. The zero-order valence-corrected chi connectivity index (χ0v) is 17.9. The van der Waals surface area contributed by atoms with Gasteiger partial charge in [-0.25, -0.2) is 9.18 Å². The Morgan fingerprint density at radius 2 is 2.00 bits per heavy atom. The van der Waals surface area contributed by atoms with Gasteiger partial charge < -0.3 is 10.2 Å². The number of benzene rings is 2. The minimum atomic E-state index is -1.65. The Labute approximate surface area is 189 Å². The molecule has 1 aliphatic heterocycles. The van der Waals surface area contributed by atoms with Crippen molar-refractivity contribution in [3.05, 3.63) is 77.6 Å². The molecule has 168 valence electrons. The minimum absolute atomic E-state index is 0.0234. The molecule has 9 heteroatoms. The Morgan fingerprint density at radius 1 is 1.24 bits per heavy atom. The first-order valence-electron chi connectivity index (χ1n) is 10.1. The molecule has 0 saturated carbocycles. The number of hydrazone groups is 2. The monoisotopic (exact) mass is 448 g/mol. The number of allylic oxidation sites excluding steroid dienone is 2. The van der Waals surface area contributed by atoms with Gasteiger partial charge in [-0.3, -0.25) is 10.2 Å². The van der Waals surface area contributed by atoms with Crippen LogP contribution in [-0.4, -0.2) is 39.1 Å². The van der Waals surface area contributed by atoms with Crippen LogP contribution in [0, 0.1) is 12.7 Å². The molecule has 1 unspecified atom stereocenters. The van der Waals surface area contributed by atoms with E-state index in [-0.39, 0.29) is 29.3 Å². The molecule has 0 spiro atoms. The van der Waals surface area contributed by atoms with Gasteiger partial charge in [-0.1, -0.05) is 36.4 Å². The summed E-state index contributed by atoms with van der Waals surface area (Å²) in [7, 11) is 0. The van der Waals surface area contributed by atoms with Crippen LogP contribution in [-0.2, 0) is 9.59 Å². The number of phenols is 1. The van der Waals surface area contributed by atoms with E-state index in [1.54, 1.807) is 50.3 Å². The second-order valence-corrected chi connectivity index (χ2v) is 7.83. The number of phenolic OH excluding ortho intramolecular Hbond substituents is 1. The molecule has 0 saturated heterocycles. The number of carbonyl (C=O) groups is 2. The molecule has 0 aromatic heterocycles. The van der Waals surface area contributed by atoms with E-state index in [4.69, 9.17) is 0 Å². The standard InChI is InChI=1S/C24H21FN4O4/c1-14-9-10-17(12-19(14)25)29-22(31)21(15(2)27-29)26-28-24(23(32)33)11-5-6-16(13-24)18-7-3-4-8-20(18)30/h3-12,28,30H,13H2,1-2H3,(H,32,33). The van der Waals surface area contributed by atoms with Gasteiger partial charge in [0.1, 0.15) is 11.6 Å². The molecule has 1 aliphatic carbocycles. The van der Waals surface area contributed by atoms with Crippen molar-refractivity contribution in [3.8, 4) is 5.75 Å². The average Bonchev–Trinajstić information content (AvgIpc) is 3.08. The number of carbonyl (C=O) groups excluding carboxylic acids is 1. The summed E-state index contributed by atoms with van der Waals surface area (Å²) < 4.78 is 14.0. The van der Waals surface area contributed by atoms with E-state index in [0.29, 0.717) is 16.7 Å². The van der Waals surface area contributed by atoms with Crippen LogP contribution in [0.2, 0.25) is 0 Å². The van der Waals surface area contributed by atoms with Gasteiger partial charge in [-0.05, 0) is 49.3 Å². The van der Waals surface area contributed by atoms with Gasteiger partial charge in [0.15, 0.2) is 11.3 Å². The van der Waals surface area contributed by atoms with Crippen molar-refractivity contribution in [1.29, 1.82) is 0 Å². The third kappa shape index (κ3) is 4.00. The molecule has 1 amide bonds. The normalized spacial score (nSPS) is 21.2. The number of carboxylic acids is 1. The quantitative estimate of drug-likeness (QED) is 0.607. The van der Waals surface area contributed by atoms with Gasteiger partial charge in [0.25, 0.3) is 0 Å². The molecule has 0 fully saturated rings. The first kappa shape index (κ1) is 21.9. The number of carboxylic acid groups (broad SMARTS) is 1. The predicted octanol–water partition coefficient (Wildman–Crippen LogP) is 3.37. The molecule has 0 radical (unpaired) electrons. The Bertz CT molecular complexity index is 1280. The molecule has 3 N–H and O–H groups in total. The van der Waals surface area contributed by atoms with Gasteiger partial charge in [-0.2, -0.15) is 15.2 Å². The first-order chi connectivity index (χ1) is 15.7. The number of anilines is 1. The molecule has 1 atom stereocenters. The lowest BCUT2D eigenvalue weighted by Crippen LogP contribution is -2.50. The summed E-state index contributed by atoms with van der Waals surface area (Å²) in [5.41, 5.74) is 2.92. The van der Waals surface area contributed by atoms with Crippen LogP contribution in [0.15, 0.2) is 70.9 Å². The van der Waals surface area contributed by atoms with Crippen LogP contribution in [0.1, 0.15) is 24.5 Å². The number of hydrogen-bond donors (Lipinski definition) is 3. The molecule has 8 nitrogen and oxygen atoms in total. The van der Waals surface area contributed by atoms with E-state index >= 15 is 0 Å². The highest BCUT2D eigenvalue weighted by Gasteiger charge is 2.40. The Hall–Kier alpha value is -4.27. The Kier molecular flexibility index (Phi) is 5.55. The van der Waals surface area contributed by atoms with Crippen molar-refractivity contribution in [2.45, 2.75) is 25.8 Å². The van der Waals surface area contributed by atoms with E-state index in [9.17, 15) is 24.2 Å². The Balaban J connectivity index is 1.61. The molecular formula is C24H21FN4O4. The van der Waals surface area contributed by atoms with Gasteiger partial charge in [0, 0.05) is 12.0 Å². The van der Waals surface area contributed by atoms with E-state index in [2.05, 4.69) is 15.6 Å². The van der Waals surface area contributed by atoms with E-state index in [1.165, 1.54) is 24.3 Å². The molecule has 2 aliphatic rings. The van der Waals surface area contributed by atoms with Crippen molar-refractivity contribution in [2.75, 3.05) is 5.01 Å². The van der Waals surface area contributed by atoms with Gasteiger partial charge >= 0.3 is 11.9 Å². The molecule has 4 rings (SSSR count). The van der Waals surface area contributed by atoms with Crippen LogP contribution >= 0.6 is 0 Å². The average molecular weight is 448 g/mol. The number of para-hydroxylation sites is 1. The van der Waals surface area contributed by atoms with Crippen LogP contribution < -0.4 is 10.4 Å². The summed E-state index contributed by atoms with van der Waals surface area (Å²) in [6.07, 6.45) is 4.68. The fraction of sp³-hybridized carbons (Fsp3) is 0.167. The number of nitrogens with one attached hydrogen (secondary N) is 1. The summed E-state index contributed by atoms with van der Waals surface area (Å²) in [6, 6.07) is 10.9. The number of hydrogen-bond acceptors (Lipinski definition) is 6. The van der Waals surface area contributed by atoms with E-state index in [1.807, 2.05) is 0 Å². The molecule has 1 heterocycles. The highest BCUT2D eigenvalue weighted by Crippen LogP contribution is 2.34. The predicted molar refractivity (Wildman–Crippen MR) is 123 cm³/mol. The maximum absolute atomic E-state index is 14.0. The fourth-order valence-corrected chi connectivity index (χ4v) is 3.62. The zero-order valence-electron chi connectivity index (χ0n) is 17.9. The number of aromatic hydroxyl groups is 1. The van der Waals surface area contributed by atoms with Gasteiger partial charge in [0.05, 0.1) is 11.4 Å². The molecular weight excluding hydrogens is 427 g/mol. The van der Waals surface area contributed by atoms with Crippen LogP contribution in [0.25, 0.3) is 5.57 Å². The summed E-state index contributed by atoms with van der Waals surface area (Å²) in [4.78, 5) is 25.1. The smallest absolute Gasteiger partial charge is 0.335 e. The molecule has 2 aromatic carbocycles. The maximum Gasteiger partial charge on any atom is 0.335 e. The topological polar surface area (TPSA) is 115 Å². The second kappa shape index (κ2) is 8.34. The lowest BCUT2D eigenvalue weighted by atomic mass is 9.84. The lowest BCUT2D eigenvalue weighted by molar-refractivity contribution is -0.142. The number of amides is 1. The van der Waals surface area contributed by atoms with Gasteiger partial charge in [-0.15, -0.1) is 0 Å². The van der Waals surface area contributed by atoms with Crippen LogP contribution in [0.4, 0.5) is 10.1 Å². The second-order valence-electron chi connectivity index (χ2n) is 7.83. The van der Waals surface area contributed by atoms with E-state index in [0.717, 1.165) is 5.01 Å². The number of rotatable bonds is 5. The summed E-state index contributed by atoms with van der Waals surface area (Å²) in [5.74, 6) is -2.27. The third-order valence-corrected chi connectivity index (χ3v) is 5.53. The lowest BCUT2D eigenvalue weighted by Gasteiger charge is -2.29. The highest BCUT2D eigenvalue weighted by atomic mass is 19.1. The Morgan fingerprint density at radius 3 is 2.70 bits per heavy atom. The van der Waals surface area contributed by atoms with Crippen molar-refractivity contribution < 1.29 is 24.2 Å². The van der Waals surface area contributed by atoms with Crippen molar-refractivity contribution >= 4 is 34.6 Å². The van der Waals surface area contributed by atoms with E-state index < -0.39 is 23.2 Å². The highest BCUT2D eigenvalue weighted by molar-refractivity contribution is 6.71. The van der Waals surface area contributed by atoms with Crippen molar-refractivity contribution in [1.82, 2.24) is 5.43 Å². The molecule has 2 aromatic rings.